The molecule has 0 nitrogen and oxygen atoms in total. The van der Waals surface area contributed by atoms with Crippen LogP contribution in [0.5, 0.6) is 0 Å². The van der Waals surface area contributed by atoms with E-state index in [9.17, 15) is 0 Å². The van der Waals surface area contributed by atoms with Crippen LogP contribution < -0.4 is 0 Å². The molecule has 0 spiro atoms. The van der Waals surface area contributed by atoms with Gasteiger partial charge in [-0.2, -0.15) is 0 Å². The average Bonchev–Trinajstić information content (AvgIpc) is 2.56. The van der Waals surface area contributed by atoms with Crippen LogP contribution in [0, 0.1) is 17.8 Å². The number of benzene rings is 1. The summed E-state index contributed by atoms with van der Waals surface area (Å²) >= 11 is 0. The van der Waals surface area contributed by atoms with Crippen LogP contribution in [0.2, 0.25) is 0 Å². The highest BCUT2D eigenvalue weighted by Gasteiger charge is 2.20. The predicted molar refractivity (Wildman–Crippen MR) is 96.3 cm³/mol. The number of rotatable bonds is 4. The van der Waals surface area contributed by atoms with Gasteiger partial charge < -0.3 is 0 Å². The van der Waals surface area contributed by atoms with Crippen molar-refractivity contribution in [1.29, 1.82) is 0 Å². The fraction of sp³-hybridized carbons (Fsp3) is 0.727. The normalized spacial score (nSPS) is 32.8. The fourth-order valence-corrected chi connectivity index (χ4v) is 4.54. The molecular formula is C22H34. The molecule has 3 rings (SSSR count). The van der Waals surface area contributed by atoms with Crippen molar-refractivity contribution in [3.8, 4) is 0 Å². The van der Waals surface area contributed by atoms with Crippen molar-refractivity contribution in [1.82, 2.24) is 0 Å². The molecule has 2 saturated carbocycles. The van der Waals surface area contributed by atoms with Crippen molar-refractivity contribution in [2.75, 3.05) is 0 Å². The van der Waals surface area contributed by atoms with Crippen LogP contribution in [0.25, 0.3) is 0 Å². The summed E-state index contributed by atoms with van der Waals surface area (Å²) in [5.74, 6) is 3.77. The minimum absolute atomic E-state index is 0.838. The lowest BCUT2D eigenvalue weighted by Gasteiger charge is -2.27. The molecule has 0 atom stereocenters. The highest BCUT2D eigenvalue weighted by molar-refractivity contribution is 5.26. The average molecular weight is 299 g/mol. The summed E-state index contributed by atoms with van der Waals surface area (Å²) < 4.78 is 0. The molecule has 0 radical (unpaired) electrons. The standard InChI is InChI=1S/C22H34/c1-17-3-7-19(8-4-17)9-10-20-11-15-22(16-12-20)21-13-5-18(2)6-14-21/h11-12,15-19,21H,3-10,13-14H2,1-2H3. The van der Waals surface area contributed by atoms with E-state index in [1.165, 1.54) is 64.2 Å². The van der Waals surface area contributed by atoms with Crippen LogP contribution in [-0.4, -0.2) is 0 Å². The van der Waals surface area contributed by atoms with E-state index in [0.29, 0.717) is 0 Å². The Morgan fingerprint density at radius 2 is 1.27 bits per heavy atom. The number of hydrogen-bond donors (Lipinski definition) is 0. The van der Waals surface area contributed by atoms with Gasteiger partial charge >= 0.3 is 0 Å². The molecule has 0 heterocycles. The van der Waals surface area contributed by atoms with E-state index in [1.807, 2.05) is 0 Å². The molecule has 2 aliphatic carbocycles. The summed E-state index contributed by atoms with van der Waals surface area (Å²) in [6.07, 6.45) is 14.2. The quantitative estimate of drug-likeness (QED) is 0.577. The predicted octanol–water partition coefficient (Wildman–Crippen LogP) is 6.74. The monoisotopic (exact) mass is 298 g/mol. The Bertz CT molecular complexity index is 428. The van der Waals surface area contributed by atoms with Gasteiger partial charge in [0, 0.05) is 0 Å². The topological polar surface area (TPSA) is 0 Å². The summed E-state index contributed by atoms with van der Waals surface area (Å²) in [4.78, 5) is 0. The van der Waals surface area contributed by atoms with E-state index >= 15 is 0 Å². The van der Waals surface area contributed by atoms with Crippen molar-refractivity contribution in [3.63, 3.8) is 0 Å². The second kappa shape index (κ2) is 7.66. The molecule has 0 amide bonds. The minimum atomic E-state index is 0.838. The van der Waals surface area contributed by atoms with Crippen molar-refractivity contribution < 1.29 is 0 Å². The van der Waals surface area contributed by atoms with Gasteiger partial charge in [-0.25, -0.2) is 0 Å². The third-order valence-electron chi connectivity index (χ3n) is 6.44. The van der Waals surface area contributed by atoms with E-state index in [1.54, 1.807) is 11.1 Å². The smallest absolute Gasteiger partial charge is 0.0162 e. The molecule has 2 aliphatic rings. The Kier molecular flexibility index (Phi) is 5.61. The molecule has 122 valence electrons. The second-order valence-corrected chi connectivity index (χ2v) is 8.36. The van der Waals surface area contributed by atoms with Gasteiger partial charge in [0.25, 0.3) is 0 Å². The van der Waals surface area contributed by atoms with Gasteiger partial charge in [-0.15, -0.1) is 0 Å². The van der Waals surface area contributed by atoms with Gasteiger partial charge in [0.05, 0.1) is 0 Å². The maximum absolute atomic E-state index is 2.43. The number of aryl methyl sites for hydroxylation is 1. The van der Waals surface area contributed by atoms with Crippen LogP contribution >= 0.6 is 0 Å². The molecule has 0 aromatic heterocycles. The molecular weight excluding hydrogens is 264 g/mol. The van der Waals surface area contributed by atoms with Gasteiger partial charge in [0.15, 0.2) is 0 Å². The summed E-state index contributed by atoms with van der Waals surface area (Å²) in [5, 5.41) is 0. The first-order chi connectivity index (χ1) is 10.7. The lowest BCUT2D eigenvalue weighted by molar-refractivity contribution is 0.278. The number of hydrogen-bond acceptors (Lipinski definition) is 0. The zero-order valence-electron chi connectivity index (χ0n) is 14.7. The third kappa shape index (κ3) is 4.37. The Hall–Kier alpha value is -0.780. The Morgan fingerprint density at radius 3 is 1.86 bits per heavy atom. The van der Waals surface area contributed by atoms with Gasteiger partial charge in [-0.05, 0) is 60.5 Å². The minimum Gasteiger partial charge on any atom is -0.0625 e. The summed E-state index contributed by atoms with van der Waals surface area (Å²) in [7, 11) is 0. The highest BCUT2D eigenvalue weighted by atomic mass is 14.3. The Morgan fingerprint density at radius 1 is 0.727 bits per heavy atom. The van der Waals surface area contributed by atoms with Gasteiger partial charge in [-0.3, -0.25) is 0 Å². The summed E-state index contributed by atoms with van der Waals surface area (Å²) in [5.41, 5.74) is 3.16. The maximum Gasteiger partial charge on any atom is -0.0162 e. The van der Waals surface area contributed by atoms with Crippen molar-refractivity contribution in [2.45, 2.75) is 84.0 Å². The molecule has 0 saturated heterocycles. The lowest BCUT2D eigenvalue weighted by Crippen LogP contribution is -2.13. The van der Waals surface area contributed by atoms with Gasteiger partial charge in [0.2, 0.25) is 0 Å². The SMILES string of the molecule is CC1CCC(CCc2ccc(C3CCC(C)CC3)cc2)CC1. The van der Waals surface area contributed by atoms with Crippen molar-refractivity contribution in [2.24, 2.45) is 17.8 Å². The van der Waals surface area contributed by atoms with E-state index in [-0.39, 0.29) is 0 Å². The van der Waals surface area contributed by atoms with Crippen LogP contribution in [0.3, 0.4) is 0 Å². The Balaban J connectivity index is 1.47. The summed E-state index contributed by atoms with van der Waals surface area (Å²) in [6, 6.07) is 9.69. The van der Waals surface area contributed by atoms with Crippen LogP contribution in [0.4, 0.5) is 0 Å². The third-order valence-corrected chi connectivity index (χ3v) is 6.44. The molecule has 1 aromatic carbocycles. The largest absolute Gasteiger partial charge is 0.0625 e. The van der Waals surface area contributed by atoms with E-state index in [2.05, 4.69) is 38.1 Å². The van der Waals surface area contributed by atoms with Gasteiger partial charge in [0.1, 0.15) is 0 Å². The lowest BCUT2D eigenvalue weighted by atomic mass is 9.79. The maximum atomic E-state index is 2.43. The molecule has 1 aromatic rings. The molecule has 0 aliphatic heterocycles. The molecule has 0 unspecified atom stereocenters. The fourth-order valence-electron chi connectivity index (χ4n) is 4.54. The zero-order valence-corrected chi connectivity index (χ0v) is 14.7. The van der Waals surface area contributed by atoms with Crippen molar-refractivity contribution >= 4 is 0 Å². The zero-order chi connectivity index (χ0) is 15.4. The summed E-state index contributed by atoms with van der Waals surface area (Å²) in [6.45, 7) is 4.83. The molecule has 2 fully saturated rings. The van der Waals surface area contributed by atoms with Gasteiger partial charge in [-0.1, -0.05) is 76.6 Å². The molecule has 0 N–H and O–H groups in total. The Labute approximate surface area is 137 Å². The first-order valence-electron chi connectivity index (χ1n) is 9.79. The van der Waals surface area contributed by atoms with E-state index in [4.69, 9.17) is 0 Å². The first-order valence-corrected chi connectivity index (χ1v) is 9.79. The van der Waals surface area contributed by atoms with Crippen LogP contribution in [0.1, 0.15) is 88.7 Å². The van der Waals surface area contributed by atoms with Crippen molar-refractivity contribution in [3.05, 3.63) is 35.4 Å². The highest BCUT2D eigenvalue weighted by Crippen LogP contribution is 2.36. The van der Waals surface area contributed by atoms with E-state index in [0.717, 1.165) is 23.7 Å². The first kappa shape index (κ1) is 16.1. The van der Waals surface area contributed by atoms with Crippen LogP contribution in [0.15, 0.2) is 24.3 Å². The second-order valence-electron chi connectivity index (χ2n) is 8.36. The van der Waals surface area contributed by atoms with E-state index < -0.39 is 0 Å². The molecule has 0 bridgehead atoms. The molecule has 0 heteroatoms. The molecule has 22 heavy (non-hydrogen) atoms. The van der Waals surface area contributed by atoms with Crippen LogP contribution in [-0.2, 0) is 6.42 Å².